The molecule has 0 amide bonds. The first-order valence-electron chi connectivity index (χ1n) is 3.94. The van der Waals surface area contributed by atoms with Gasteiger partial charge in [0.2, 0.25) is 5.96 Å². The van der Waals surface area contributed by atoms with Crippen LogP contribution in [0.15, 0.2) is 30.3 Å². The minimum Gasteiger partial charge on any atom is -0.368 e. The normalized spacial score (nSPS) is 9.62. The van der Waals surface area contributed by atoms with Crippen LogP contribution >= 0.6 is 0 Å². The molecule has 4 heteroatoms. The maximum atomic E-state index is 7.04. The number of nitrogens with zero attached hydrogens (tertiary/aromatic N) is 1. The van der Waals surface area contributed by atoms with Gasteiger partial charge in [-0.25, -0.2) is 5.06 Å². The SMILES string of the molecule is CN(OCc1ccccc1)C(=N)N. The molecule has 70 valence electrons. The number of hydrogen-bond acceptors (Lipinski definition) is 2. The molecule has 0 radical (unpaired) electrons. The summed E-state index contributed by atoms with van der Waals surface area (Å²) in [4.78, 5) is 5.17. The molecule has 3 N–H and O–H groups in total. The van der Waals surface area contributed by atoms with Gasteiger partial charge in [0.15, 0.2) is 0 Å². The fourth-order valence-corrected chi connectivity index (χ4v) is 0.815. The van der Waals surface area contributed by atoms with Gasteiger partial charge in [-0.05, 0) is 5.56 Å². The van der Waals surface area contributed by atoms with Crippen LogP contribution in [0.5, 0.6) is 0 Å². The minimum absolute atomic E-state index is 0.101. The fourth-order valence-electron chi connectivity index (χ4n) is 0.815. The summed E-state index contributed by atoms with van der Waals surface area (Å²) in [6.45, 7) is 0.427. The van der Waals surface area contributed by atoms with Crippen LogP contribution in [0.1, 0.15) is 5.56 Å². The van der Waals surface area contributed by atoms with Crippen molar-refractivity contribution >= 4 is 5.96 Å². The number of guanidine groups is 1. The number of hydroxylamine groups is 2. The Morgan fingerprint density at radius 3 is 2.62 bits per heavy atom. The van der Waals surface area contributed by atoms with Crippen LogP contribution in [0, 0.1) is 5.41 Å². The van der Waals surface area contributed by atoms with Crippen LogP contribution in [0.2, 0.25) is 0 Å². The number of nitrogens with one attached hydrogen (secondary N) is 1. The molecule has 0 saturated heterocycles. The third kappa shape index (κ3) is 3.13. The molecule has 0 unspecified atom stereocenters. The Labute approximate surface area is 77.4 Å². The first-order valence-corrected chi connectivity index (χ1v) is 3.94. The van der Waals surface area contributed by atoms with Gasteiger partial charge in [0.25, 0.3) is 0 Å². The molecule has 13 heavy (non-hydrogen) atoms. The van der Waals surface area contributed by atoms with Crippen molar-refractivity contribution in [2.24, 2.45) is 5.73 Å². The largest absolute Gasteiger partial charge is 0.368 e. The van der Waals surface area contributed by atoms with Crippen molar-refractivity contribution in [1.82, 2.24) is 5.06 Å². The zero-order valence-corrected chi connectivity index (χ0v) is 7.53. The summed E-state index contributed by atoms with van der Waals surface area (Å²) in [5.74, 6) is -0.101. The van der Waals surface area contributed by atoms with E-state index in [-0.39, 0.29) is 5.96 Å². The van der Waals surface area contributed by atoms with Crippen molar-refractivity contribution in [2.45, 2.75) is 6.61 Å². The van der Waals surface area contributed by atoms with Crippen molar-refractivity contribution in [3.8, 4) is 0 Å². The lowest BCUT2D eigenvalue weighted by atomic mass is 10.2. The summed E-state index contributed by atoms with van der Waals surface area (Å²) in [7, 11) is 1.60. The molecule has 0 aliphatic rings. The molecule has 0 spiro atoms. The Hall–Kier alpha value is -1.55. The summed E-state index contributed by atoms with van der Waals surface area (Å²) in [5.41, 5.74) is 6.24. The van der Waals surface area contributed by atoms with Gasteiger partial charge in [-0.1, -0.05) is 30.3 Å². The molecular formula is C9H13N3O. The van der Waals surface area contributed by atoms with E-state index in [4.69, 9.17) is 16.0 Å². The van der Waals surface area contributed by atoms with Crippen LogP contribution < -0.4 is 5.73 Å². The van der Waals surface area contributed by atoms with E-state index in [9.17, 15) is 0 Å². The zero-order valence-electron chi connectivity index (χ0n) is 7.53. The molecule has 0 fully saturated rings. The summed E-state index contributed by atoms with van der Waals surface area (Å²) in [6, 6.07) is 9.72. The molecule has 0 aliphatic heterocycles. The molecule has 0 saturated carbocycles. The monoisotopic (exact) mass is 179 g/mol. The summed E-state index contributed by atoms with van der Waals surface area (Å²) in [6.07, 6.45) is 0. The smallest absolute Gasteiger partial charge is 0.212 e. The first kappa shape index (κ1) is 9.54. The van der Waals surface area contributed by atoms with E-state index in [1.54, 1.807) is 7.05 Å². The van der Waals surface area contributed by atoms with E-state index >= 15 is 0 Å². The average Bonchev–Trinajstić information content (AvgIpc) is 2.15. The highest BCUT2D eigenvalue weighted by atomic mass is 16.7. The standard InChI is InChI=1S/C9H13N3O/c1-12(9(10)11)13-7-8-5-3-2-4-6-8/h2-6H,7H2,1H3,(H3,10,11). The number of hydrogen-bond donors (Lipinski definition) is 2. The lowest BCUT2D eigenvalue weighted by Crippen LogP contribution is -2.32. The van der Waals surface area contributed by atoms with E-state index in [0.29, 0.717) is 6.61 Å². The second-order valence-corrected chi connectivity index (χ2v) is 2.64. The van der Waals surface area contributed by atoms with E-state index in [2.05, 4.69) is 0 Å². The maximum absolute atomic E-state index is 7.04. The van der Waals surface area contributed by atoms with Crippen LogP contribution in [-0.2, 0) is 11.4 Å². The quantitative estimate of drug-likeness (QED) is 0.412. The van der Waals surface area contributed by atoms with Crippen LogP contribution in [0.25, 0.3) is 0 Å². The Morgan fingerprint density at radius 1 is 1.46 bits per heavy atom. The highest BCUT2D eigenvalue weighted by molar-refractivity contribution is 5.72. The maximum Gasteiger partial charge on any atom is 0.212 e. The first-order chi connectivity index (χ1) is 6.20. The molecule has 1 aromatic rings. The summed E-state index contributed by atoms with van der Waals surface area (Å²) < 4.78 is 0. The summed E-state index contributed by atoms with van der Waals surface area (Å²) >= 11 is 0. The van der Waals surface area contributed by atoms with Gasteiger partial charge in [0.1, 0.15) is 6.61 Å². The zero-order chi connectivity index (χ0) is 9.68. The molecule has 0 aromatic heterocycles. The predicted molar refractivity (Wildman–Crippen MR) is 50.9 cm³/mol. The molecule has 0 bridgehead atoms. The van der Waals surface area contributed by atoms with Gasteiger partial charge < -0.3 is 5.73 Å². The lowest BCUT2D eigenvalue weighted by Gasteiger charge is -2.15. The predicted octanol–water partition coefficient (Wildman–Crippen LogP) is 0.943. The number of rotatable bonds is 3. The van der Waals surface area contributed by atoms with Gasteiger partial charge in [-0.3, -0.25) is 10.2 Å². The Morgan fingerprint density at radius 2 is 2.08 bits per heavy atom. The minimum atomic E-state index is -0.101. The molecule has 4 nitrogen and oxygen atoms in total. The van der Waals surface area contributed by atoms with Gasteiger partial charge >= 0.3 is 0 Å². The van der Waals surface area contributed by atoms with E-state index in [0.717, 1.165) is 5.56 Å². The average molecular weight is 179 g/mol. The van der Waals surface area contributed by atoms with Crippen LogP contribution in [-0.4, -0.2) is 18.1 Å². The van der Waals surface area contributed by atoms with Gasteiger partial charge in [0, 0.05) is 7.05 Å². The van der Waals surface area contributed by atoms with Crippen molar-refractivity contribution in [1.29, 1.82) is 5.41 Å². The van der Waals surface area contributed by atoms with Crippen molar-refractivity contribution in [3.63, 3.8) is 0 Å². The van der Waals surface area contributed by atoms with E-state index in [1.165, 1.54) is 5.06 Å². The topological polar surface area (TPSA) is 62.3 Å². The number of benzene rings is 1. The Balaban J connectivity index is 2.39. The lowest BCUT2D eigenvalue weighted by molar-refractivity contribution is -0.0932. The van der Waals surface area contributed by atoms with Gasteiger partial charge in [0.05, 0.1) is 0 Å². The van der Waals surface area contributed by atoms with E-state index < -0.39 is 0 Å². The van der Waals surface area contributed by atoms with Gasteiger partial charge in [-0.15, -0.1) is 0 Å². The second-order valence-electron chi connectivity index (χ2n) is 2.64. The molecule has 1 aromatic carbocycles. The molecule has 0 atom stereocenters. The van der Waals surface area contributed by atoms with Crippen LogP contribution in [0.3, 0.4) is 0 Å². The second kappa shape index (κ2) is 4.47. The van der Waals surface area contributed by atoms with Gasteiger partial charge in [-0.2, -0.15) is 0 Å². The van der Waals surface area contributed by atoms with Crippen molar-refractivity contribution < 1.29 is 4.84 Å². The molecular weight excluding hydrogens is 166 g/mol. The summed E-state index contributed by atoms with van der Waals surface area (Å²) in [5, 5.41) is 8.27. The molecule has 0 aliphatic carbocycles. The molecule has 0 heterocycles. The van der Waals surface area contributed by atoms with Crippen molar-refractivity contribution in [2.75, 3.05) is 7.05 Å². The molecule has 1 rings (SSSR count). The highest BCUT2D eigenvalue weighted by Gasteiger charge is 1.99. The van der Waals surface area contributed by atoms with Crippen LogP contribution in [0.4, 0.5) is 0 Å². The Kier molecular flexibility index (Phi) is 3.28. The Bertz CT molecular complexity index is 273. The van der Waals surface area contributed by atoms with Crippen molar-refractivity contribution in [3.05, 3.63) is 35.9 Å². The number of nitrogens with two attached hydrogens (primary N) is 1. The highest BCUT2D eigenvalue weighted by Crippen LogP contribution is 2.01. The third-order valence-corrected chi connectivity index (χ3v) is 1.61. The third-order valence-electron chi connectivity index (χ3n) is 1.61. The van der Waals surface area contributed by atoms with E-state index in [1.807, 2.05) is 30.3 Å². The fraction of sp³-hybridized carbons (Fsp3) is 0.222.